The van der Waals surface area contributed by atoms with Crippen LogP contribution < -0.4 is 10.6 Å². The SMILES string of the molecule is CNC(=O)c1cc(C(=O)N[C@H]2[C@@H]3C[C@@H](OC)C[C@@H]32)n([C@@H](C)c2ccccc2)n1. The molecule has 0 aliphatic heterocycles. The van der Waals surface area contributed by atoms with E-state index in [2.05, 4.69) is 15.7 Å². The molecule has 7 nitrogen and oxygen atoms in total. The van der Waals surface area contributed by atoms with Gasteiger partial charge < -0.3 is 15.4 Å². The van der Waals surface area contributed by atoms with Gasteiger partial charge in [0.15, 0.2) is 5.69 Å². The lowest BCUT2D eigenvalue weighted by molar-refractivity contribution is 0.0870. The first-order chi connectivity index (χ1) is 13.5. The minimum Gasteiger partial charge on any atom is -0.381 e. The molecule has 0 unspecified atom stereocenters. The number of ether oxygens (including phenoxy) is 1. The van der Waals surface area contributed by atoms with E-state index in [1.54, 1.807) is 24.9 Å². The summed E-state index contributed by atoms with van der Waals surface area (Å²) in [6, 6.07) is 11.4. The van der Waals surface area contributed by atoms with Gasteiger partial charge in [0.05, 0.1) is 12.1 Å². The van der Waals surface area contributed by atoms with Crippen LogP contribution in [0.2, 0.25) is 0 Å². The summed E-state index contributed by atoms with van der Waals surface area (Å²) in [6.07, 6.45) is 2.30. The van der Waals surface area contributed by atoms with Crippen LogP contribution in [-0.4, -0.2) is 47.9 Å². The number of amides is 2. The molecule has 0 spiro atoms. The van der Waals surface area contributed by atoms with Crippen LogP contribution in [0.15, 0.2) is 36.4 Å². The summed E-state index contributed by atoms with van der Waals surface area (Å²) in [6.45, 7) is 1.97. The summed E-state index contributed by atoms with van der Waals surface area (Å²) < 4.78 is 7.06. The van der Waals surface area contributed by atoms with Gasteiger partial charge in [-0.25, -0.2) is 0 Å². The van der Waals surface area contributed by atoms with E-state index in [1.807, 2.05) is 37.3 Å². The van der Waals surface area contributed by atoms with E-state index in [0.29, 0.717) is 23.6 Å². The largest absolute Gasteiger partial charge is 0.381 e. The number of carbonyl (C=O) groups is 2. The Morgan fingerprint density at radius 3 is 2.46 bits per heavy atom. The van der Waals surface area contributed by atoms with Crippen LogP contribution in [0.1, 0.15) is 52.3 Å². The molecule has 2 amide bonds. The Balaban J connectivity index is 1.56. The number of fused-ring (bicyclic) bond motifs is 1. The van der Waals surface area contributed by atoms with Crippen molar-refractivity contribution in [1.29, 1.82) is 0 Å². The third-order valence-electron chi connectivity index (χ3n) is 6.11. The minimum absolute atomic E-state index is 0.170. The van der Waals surface area contributed by atoms with Gasteiger partial charge in [-0.3, -0.25) is 14.3 Å². The first-order valence-corrected chi connectivity index (χ1v) is 9.73. The number of nitrogens with one attached hydrogen (secondary N) is 2. The summed E-state index contributed by atoms with van der Waals surface area (Å²) in [5.74, 6) is 0.503. The lowest BCUT2D eigenvalue weighted by Crippen LogP contribution is -2.32. The van der Waals surface area contributed by atoms with E-state index >= 15 is 0 Å². The zero-order valence-electron chi connectivity index (χ0n) is 16.4. The van der Waals surface area contributed by atoms with Crippen molar-refractivity contribution >= 4 is 11.8 Å². The van der Waals surface area contributed by atoms with Crippen molar-refractivity contribution in [3.05, 3.63) is 53.3 Å². The third-order valence-corrected chi connectivity index (χ3v) is 6.11. The molecular formula is C21H26N4O3. The Hall–Kier alpha value is -2.67. The first-order valence-electron chi connectivity index (χ1n) is 9.73. The van der Waals surface area contributed by atoms with Gasteiger partial charge in [0.25, 0.3) is 11.8 Å². The van der Waals surface area contributed by atoms with Crippen molar-refractivity contribution in [1.82, 2.24) is 20.4 Å². The number of hydrogen-bond acceptors (Lipinski definition) is 4. The van der Waals surface area contributed by atoms with Gasteiger partial charge in [-0.15, -0.1) is 0 Å². The van der Waals surface area contributed by atoms with Crippen LogP contribution >= 0.6 is 0 Å². The molecule has 2 fully saturated rings. The van der Waals surface area contributed by atoms with Crippen LogP contribution in [0.4, 0.5) is 0 Å². The van der Waals surface area contributed by atoms with Gasteiger partial charge in [-0.2, -0.15) is 5.10 Å². The Morgan fingerprint density at radius 2 is 1.86 bits per heavy atom. The fourth-order valence-electron chi connectivity index (χ4n) is 4.39. The van der Waals surface area contributed by atoms with Gasteiger partial charge >= 0.3 is 0 Å². The number of carbonyl (C=O) groups excluding carboxylic acids is 2. The van der Waals surface area contributed by atoms with E-state index < -0.39 is 0 Å². The lowest BCUT2D eigenvalue weighted by Gasteiger charge is -2.17. The first kappa shape index (κ1) is 18.7. The van der Waals surface area contributed by atoms with Crippen LogP contribution in [-0.2, 0) is 4.74 Å². The molecule has 1 aromatic heterocycles. The van der Waals surface area contributed by atoms with Gasteiger partial charge in [0.1, 0.15) is 5.69 Å². The highest BCUT2D eigenvalue weighted by Crippen LogP contribution is 2.52. The van der Waals surface area contributed by atoms with Crippen LogP contribution in [0, 0.1) is 11.8 Å². The topological polar surface area (TPSA) is 85.3 Å². The number of rotatable bonds is 6. The van der Waals surface area contributed by atoms with Gasteiger partial charge in [-0.05, 0) is 37.2 Å². The highest BCUT2D eigenvalue weighted by molar-refractivity contribution is 5.98. The molecule has 2 aromatic rings. The number of nitrogens with zero attached hydrogens (tertiary/aromatic N) is 2. The number of methoxy groups -OCH3 is 1. The summed E-state index contributed by atoms with van der Waals surface area (Å²) in [4.78, 5) is 25.1. The molecule has 5 atom stereocenters. The normalized spacial score (nSPS) is 26.4. The van der Waals surface area contributed by atoms with Crippen molar-refractivity contribution in [2.75, 3.05) is 14.2 Å². The van der Waals surface area contributed by atoms with Gasteiger partial charge in [-0.1, -0.05) is 30.3 Å². The zero-order valence-corrected chi connectivity index (χ0v) is 16.4. The summed E-state index contributed by atoms with van der Waals surface area (Å²) in [5.41, 5.74) is 1.67. The smallest absolute Gasteiger partial charge is 0.271 e. The monoisotopic (exact) mass is 382 g/mol. The van der Waals surface area contributed by atoms with Crippen molar-refractivity contribution in [3.8, 4) is 0 Å². The quantitative estimate of drug-likeness (QED) is 0.800. The van der Waals surface area contributed by atoms with E-state index in [0.717, 1.165) is 18.4 Å². The van der Waals surface area contributed by atoms with Gasteiger partial charge in [0.2, 0.25) is 0 Å². The molecule has 2 saturated carbocycles. The Labute approximate surface area is 164 Å². The fourth-order valence-corrected chi connectivity index (χ4v) is 4.39. The molecule has 0 saturated heterocycles. The van der Waals surface area contributed by atoms with Crippen molar-refractivity contribution in [2.45, 2.75) is 38.0 Å². The van der Waals surface area contributed by atoms with Crippen LogP contribution in [0.5, 0.6) is 0 Å². The maximum absolute atomic E-state index is 13.0. The minimum atomic E-state index is -0.306. The molecule has 2 N–H and O–H groups in total. The molecule has 148 valence electrons. The highest BCUT2D eigenvalue weighted by Gasteiger charge is 2.57. The van der Waals surface area contributed by atoms with E-state index in [4.69, 9.17) is 4.74 Å². The molecule has 28 heavy (non-hydrogen) atoms. The second-order valence-corrected chi connectivity index (χ2v) is 7.68. The Bertz CT molecular complexity index is 867. The summed E-state index contributed by atoms with van der Waals surface area (Å²) in [7, 11) is 3.30. The van der Waals surface area contributed by atoms with Gasteiger partial charge in [0, 0.05) is 26.3 Å². The Morgan fingerprint density at radius 1 is 1.18 bits per heavy atom. The summed E-state index contributed by atoms with van der Waals surface area (Å²) in [5, 5.41) is 10.2. The molecular weight excluding hydrogens is 356 g/mol. The molecule has 0 radical (unpaired) electrons. The van der Waals surface area contributed by atoms with Crippen molar-refractivity contribution < 1.29 is 14.3 Å². The average molecular weight is 382 g/mol. The van der Waals surface area contributed by atoms with E-state index in [1.165, 1.54) is 0 Å². The van der Waals surface area contributed by atoms with Crippen LogP contribution in [0.3, 0.4) is 0 Å². The molecule has 2 aliphatic rings. The molecule has 2 aliphatic carbocycles. The maximum Gasteiger partial charge on any atom is 0.271 e. The average Bonchev–Trinajstić information content (AvgIpc) is 3.12. The Kier molecular flexibility index (Phi) is 4.93. The molecule has 1 aromatic carbocycles. The highest BCUT2D eigenvalue weighted by atomic mass is 16.5. The zero-order chi connectivity index (χ0) is 19.8. The molecule has 4 rings (SSSR count). The molecule has 0 bridgehead atoms. The number of hydrogen-bond donors (Lipinski definition) is 2. The predicted octanol–water partition coefficient (Wildman–Crippen LogP) is 2.01. The fraction of sp³-hybridized carbons (Fsp3) is 0.476. The predicted molar refractivity (Wildman–Crippen MR) is 104 cm³/mol. The second kappa shape index (κ2) is 7.39. The molecule has 7 heteroatoms. The van der Waals surface area contributed by atoms with Crippen molar-refractivity contribution in [3.63, 3.8) is 0 Å². The molecule has 1 heterocycles. The maximum atomic E-state index is 13.0. The van der Waals surface area contributed by atoms with E-state index in [-0.39, 0.29) is 29.6 Å². The second-order valence-electron chi connectivity index (χ2n) is 7.68. The van der Waals surface area contributed by atoms with Crippen molar-refractivity contribution in [2.24, 2.45) is 11.8 Å². The standard InChI is InChI=1S/C21H26N4O3/c1-12(13-7-5-4-6-8-13)25-18(11-17(24-25)20(26)22-2)21(27)23-19-15-9-14(28-3)10-16(15)19/h4-8,11-12,14-16,19H,9-10H2,1-3H3,(H,22,26)(H,23,27)/t12-,14-,15-,16+,19+/m0/s1. The number of aromatic nitrogens is 2. The summed E-state index contributed by atoms with van der Waals surface area (Å²) >= 11 is 0. The van der Waals surface area contributed by atoms with Crippen LogP contribution in [0.25, 0.3) is 0 Å². The van der Waals surface area contributed by atoms with E-state index in [9.17, 15) is 9.59 Å². The lowest BCUT2D eigenvalue weighted by atomic mass is 10.1. The number of benzene rings is 1. The third kappa shape index (κ3) is 3.30.